The van der Waals surface area contributed by atoms with Gasteiger partial charge >= 0.3 is 6.03 Å². The van der Waals surface area contributed by atoms with Gasteiger partial charge in [-0.15, -0.1) is 0 Å². The highest BCUT2D eigenvalue weighted by atomic mass is 16.2. The second-order valence-corrected chi connectivity index (χ2v) is 4.89. The number of nitrogens with one attached hydrogen (secondary N) is 1. The molecule has 5 nitrogen and oxygen atoms in total. The summed E-state index contributed by atoms with van der Waals surface area (Å²) in [5.74, 6) is 0.183. The zero-order valence-electron chi connectivity index (χ0n) is 11.4. The SMILES string of the molecule is CCC1CN(C(=O)Nc2cccc(C#N)c2)CCC1=O. The van der Waals surface area contributed by atoms with Gasteiger partial charge < -0.3 is 10.2 Å². The van der Waals surface area contributed by atoms with E-state index in [0.717, 1.165) is 6.42 Å². The predicted molar refractivity (Wildman–Crippen MR) is 75.2 cm³/mol. The van der Waals surface area contributed by atoms with E-state index in [0.29, 0.717) is 30.8 Å². The number of anilines is 1. The van der Waals surface area contributed by atoms with E-state index < -0.39 is 0 Å². The second kappa shape index (κ2) is 6.20. The van der Waals surface area contributed by atoms with Crippen LogP contribution < -0.4 is 5.32 Å². The maximum Gasteiger partial charge on any atom is 0.321 e. The number of likely N-dealkylation sites (tertiary alicyclic amines) is 1. The van der Waals surface area contributed by atoms with Crippen molar-refractivity contribution in [1.29, 1.82) is 5.26 Å². The number of Topliss-reactive ketones (excluding diaryl/α,β-unsaturated/α-hetero) is 1. The summed E-state index contributed by atoms with van der Waals surface area (Å²) in [4.78, 5) is 25.5. The molecule has 2 rings (SSSR count). The summed E-state index contributed by atoms with van der Waals surface area (Å²) in [5.41, 5.74) is 1.10. The number of nitriles is 1. The standard InChI is InChI=1S/C15H17N3O2/c1-2-12-10-18(7-6-14(12)19)15(20)17-13-5-3-4-11(8-13)9-16/h3-5,8,12H,2,6-7,10H2,1H3,(H,17,20). The van der Waals surface area contributed by atoms with Crippen molar-refractivity contribution < 1.29 is 9.59 Å². The molecule has 1 fully saturated rings. The molecule has 0 saturated carbocycles. The zero-order chi connectivity index (χ0) is 14.5. The van der Waals surface area contributed by atoms with Crippen molar-refractivity contribution >= 4 is 17.5 Å². The predicted octanol–water partition coefficient (Wildman–Crippen LogP) is 2.39. The molecule has 1 heterocycles. The van der Waals surface area contributed by atoms with Gasteiger partial charge in [-0.3, -0.25) is 4.79 Å². The molecule has 1 aliphatic rings. The van der Waals surface area contributed by atoms with Crippen LogP contribution in [0.1, 0.15) is 25.3 Å². The lowest BCUT2D eigenvalue weighted by atomic mass is 9.94. The van der Waals surface area contributed by atoms with Crippen LogP contribution in [0.3, 0.4) is 0 Å². The van der Waals surface area contributed by atoms with Gasteiger partial charge in [0, 0.05) is 31.1 Å². The van der Waals surface area contributed by atoms with Gasteiger partial charge in [-0.1, -0.05) is 13.0 Å². The third-order valence-electron chi connectivity index (χ3n) is 3.55. The first-order valence-corrected chi connectivity index (χ1v) is 6.73. The maximum atomic E-state index is 12.2. The van der Waals surface area contributed by atoms with Gasteiger partial charge in [-0.2, -0.15) is 5.26 Å². The summed E-state index contributed by atoms with van der Waals surface area (Å²) in [7, 11) is 0. The third-order valence-corrected chi connectivity index (χ3v) is 3.55. The molecule has 1 unspecified atom stereocenters. The monoisotopic (exact) mass is 271 g/mol. The van der Waals surface area contributed by atoms with Crippen molar-refractivity contribution in [1.82, 2.24) is 4.90 Å². The highest BCUT2D eigenvalue weighted by Crippen LogP contribution is 2.17. The lowest BCUT2D eigenvalue weighted by Crippen LogP contribution is -2.45. The molecule has 0 spiro atoms. The average Bonchev–Trinajstić information content (AvgIpc) is 2.47. The molecule has 1 aliphatic heterocycles. The van der Waals surface area contributed by atoms with Crippen molar-refractivity contribution in [2.24, 2.45) is 5.92 Å². The quantitative estimate of drug-likeness (QED) is 0.897. The molecule has 1 atom stereocenters. The Morgan fingerprint density at radius 2 is 2.35 bits per heavy atom. The van der Waals surface area contributed by atoms with Gasteiger partial charge in [0.15, 0.2) is 0 Å². The molecule has 0 aromatic heterocycles. The average molecular weight is 271 g/mol. The van der Waals surface area contributed by atoms with E-state index in [1.165, 1.54) is 0 Å². The second-order valence-electron chi connectivity index (χ2n) is 4.89. The Kier molecular flexibility index (Phi) is 4.36. The Balaban J connectivity index is 2.01. The summed E-state index contributed by atoms with van der Waals surface area (Å²) in [6.45, 7) is 2.89. The van der Waals surface area contributed by atoms with Gasteiger partial charge in [0.2, 0.25) is 0 Å². The van der Waals surface area contributed by atoms with Gasteiger partial charge in [0.1, 0.15) is 5.78 Å². The topological polar surface area (TPSA) is 73.2 Å². The first-order chi connectivity index (χ1) is 9.63. The van der Waals surface area contributed by atoms with Crippen LogP contribution >= 0.6 is 0 Å². The van der Waals surface area contributed by atoms with E-state index in [-0.39, 0.29) is 17.7 Å². The minimum Gasteiger partial charge on any atom is -0.323 e. The smallest absolute Gasteiger partial charge is 0.321 e. The summed E-state index contributed by atoms with van der Waals surface area (Å²) >= 11 is 0. The Hall–Kier alpha value is -2.35. The Labute approximate surface area is 118 Å². The fourth-order valence-electron chi connectivity index (χ4n) is 2.32. The Morgan fingerprint density at radius 3 is 3.05 bits per heavy atom. The minimum absolute atomic E-state index is 0.0556. The van der Waals surface area contributed by atoms with Gasteiger partial charge in [-0.25, -0.2) is 4.79 Å². The number of urea groups is 1. The van der Waals surface area contributed by atoms with Crippen molar-refractivity contribution in [2.75, 3.05) is 18.4 Å². The molecule has 5 heteroatoms. The van der Waals surface area contributed by atoms with Crippen molar-refractivity contribution in [3.8, 4) is 6.07 Å². The number of carbonyl (C=O) groups is 2. The fourth-order valence-corrected chi connectivity index (χ4v) is 2.32. The zero-order valence-corrected chi connectivity index (χ0v) is 11.4. The molecule has 0 bridgehead atoms. The number of carbonyl (C=O) groups excluding carboxylic acids is 2. The van der Waals surface area contributed by atoms with Crippen LogP contribution in [0.4, 0.5) is 10.5 Å². The highest BCUT2D eigenvalue weighted by molar-refractivity contribution is 5.91. The van der Waals surface area contributed by atoms with E-state index in [2.05, 4.69) is 5.32 Å². The van der Waals surface area contributed by atoms with Crippen LogP contribution in [-0.4, -0.2) is 29.8 Å². The van der Waals surface area contributed by atoms with E-state index in [1.807, 2.05) is 13.0 Å². The highest BCUT2D eigenvalue weighted by Gasteiger charge is 2.28. The first-order valence-electron chi connectivity index (χ1n) is 6.73. The van der Waals surface area contributed by atoms with Crippen LogP contribution in [0.2, 0.25) is 0 Å². The van der Waals surface area contributed by atoms with Crippen LogP contribution in [0.5, 0.6) is 0 Å². The van der Waals surface area contributed by atoms with Gasteiger partial charge in [0.05, 0.1) is 11.6 Å². The van der Waals surface area contributed by atoms with Crippen molar-refractivity contribution in [2.45, 2.75) is 19.8 Å². The normalized spacial score (nSPS) is 18.5. The first kappa shape index (κ1) is 14.1. The number of hydrogen-bond donors (Lipinski definition) is 1. The van der Waals surface area contributed by atoms with E-state index in [9.17, 15) is 9.59 Å². The summed E-state index contributed by atoms with van der Waals surface area (Å²) in [6.07, 6.45) is 1.18. The van der Waals surface area contributed by atoms with Gasteiger partial charge in [0.25, 0.3) is 0 Å². The largest absolute Gasteiger partial charge is 0.323 e. The molecule has 1 saturated heterocycles. The molecule has 2 amide bonds. The summed E-state index contributed by atoms with van der Waals surface area (Å²) in [5, 5.41) is 11.6. The van der Waals surface area contributed by atoms with E-state index in [4.69, 9.17) is 5.26 Å². The van der Waals surface area contributed by atoms with Crippen LogP contribution in [0.15, 0.2) is 24.3 Å². The Morgan fingerprint density at radius 1 is 1.55 bits per heavy atom. The number of hydrogen-bond acceptors (Lipinski definition) is 3. The minimum atomic E-state index is -0.217. The molecule has 0 radical (unpaired) electrons. The van der Waals surface area contributed by atoms with Crippen molar-refractivity contribution in [3.63, 3.8) is 0 Å². The third kappa shape index (κ3) is 3.15. The van der Waals surface area contributed by atoms with Crippen molar-refractivity contribution in [3.05, 3.63) is 29.8 Å². The molecule has 1 N–H and O–H groups in total. The molecule has 0 aliphatic carbocycles. The van der Waals surface area contributed by atoms with Gasteiger partial charge in [-0.05, 0) is 24.6 Å². The Bertz CT molecular complexity index is 562. The number of piperidine rings is 1. The van der Waals surface area contributed by atoms with E-state index in [1.54, 1.807) is 29.2 Å². The molecule has 104 valence electrons. The summed E-state index contributed by atoms with van der Waals surface area (Å²) in [6, 6.07) is 8.59. The number of benzene rings is 1. The number of ketones is 1. The lowest BCUT2D eigenvalue weighted by Gasteiger charge is -2.31. The molecule has 20 heavy (non-hydrogen) atoms. The molecule has 1 aromatic carbocycles. The number of amides is 2. The molecular weight excluding hydrogens is 254 g/mol. The number of nitrogens with zero attached hydrogens (tertiary/aromatic N) is 2. The number of rotatable bonds is 2. The lowest BCUT2D eigenvalue weighted by molar-refractivity contribution is -0.125. The van der Waals surface area contributed by atoms with Crippen LogP contribution in [0, 0.1) is 17.2 Å². The van der Waals surface area contributed by atoms with E-state index >= 15 is 0 Å². The summed E-state index contributed by atoms with van der Waals surface area (Å²) < 4.78 is 0. The van der Waals surface area contributed by atoms with Crippen LogP contribution in [-0.2, 0) is 4.79 Å². The molecule has 1 aromatic rings. The fraction of sp³-hybridized carbons (Fsp3) is 0.400. The molecular formula is C15H17N3O2. The maximum absolute atomic E-state index is 12.2. The van der Waals surface area contributed by atoms with Crippen LogP contribution in [0.25, 0.3) is 0 Å².